The molecule has 3 aromatic rings. The van der Waals surface area contributed by atoms with Gasteiger partial charge in [-0.3, -0.25) is 9.78 Å². The van der Waals surface area contributed by atoms with Gasteiger partial charge in [0.25, 0.3) is 5.91 Å². The first-order valence-electron chi connectivity index (χ1n) is 8.93. The van der Waals surface area contributed by atoms with Crippen molar-refractivity contribution < 1.29 is 4.79 Å². The Kier molecular flexibility index (Phi) is 4.25. The molecule has 0 radical (unpaired) electrons. The third-order valence-corrected chi connectivity index (χ3v) is 4.86. The Bertz CT molecular complexity index is 979. The zero-order valence-corrected chi connectivity index (χ0v) is 15.0. The molecule has 0 N–H and O–H groups in total. The minimum Gasteiger partial charge on any atom is -0.328 e. The standard InChI is InChI=1S/C22H21N3O/c1-15(2)21-8-5-13-25(21)22(26)18-14-20(16-9-11-23-12-10-16)24-19-7-4-3-6-17(18)19/h3-12,14-15,21H,13H2,1-2H3/t21-/m0/s1. The number of benzene rings is 1. The maximum Gasteiger partial charge on any atom is 0.255 e. The predicted octanol–water partition coefficient (Wildman–Crippen LogP) is 4.33. The van der Waals surface area contributed by atoms with Crippen LogP contribution in [0.25, 0.3) is 22.2 Å². The molecule has 26 heavy (non-hydrogen) atoms. The number of nitrogens with zero attached hydrogens (tertiary/aromatic N) is 3. The van der Waals surface area contributed by atoms with E-state index in [2.05, 4.69) is 31.0 Å². The van der Waals surface area contributed by atoms with Gasteiger partial charge in [0.1, 0.15) is 0 Å². The smallest absolute Gasteiger partial charge is 0.255 e. The van der Waals surface area contributed by atoms with Gasteiger partial charge in [0, 0.05) is 29.9 Å². The molecule has 3 heterocycles. The highest BCUT2D eigenvalue weighted by atomic mass is 16.2. The summed E-state index contributed by atoms with van der Waals surface area (Å²) in [5.41, 5.74) is 3.29. The minimum atomic E-state index is 0.0580. The highest BCUT2D eigenvalue weighted by Crippen LogP contribution is 2.28. The second kappa shape index (κ2) is 6.71. The number of fused-ring (bicyclic) bond motifs is 1. The van der Waals surface area contributed by atoms with E-state index in [0.29, 0.717) is 18.0 Å². The summed E-state index contributed by atoms with van der Waals surface area (Å²) >= 11 is 0. The molecule has 0 unspecified atom stereocenters. The summed E-state index contributed by atoms with van der Waals surface area (Å²) in [7, 11) is 0. The number of hydrogen-bond donors (Lipinski definition) is 0. The Morgan fingerprint density at radius 3 is 2.69 bits per heavy atom. The van der Waals surface area contributed by atoms with Crippen molar-refractivity contribution in [3.05, 3.63) is 72.6 Å². The summed E-state index contributed by atoms with van der Waals surface area (Å²) in [6.07, 6.45) is 7.70. The monoisotopic (exact) mass is 343 g/mol. The van der Waals surface area contributed by atoms with Crippen LogP contribution in [0, 0.1) is 5.92 Å². The summed E-state index contributed by atoms with van der Waals surface area (Å²) in [5.74, 6) is 0.438. The van der Waals surface area contributed by atoms with Crippen molar-refractivity contribution in [3.8, 4) is 11.3 Å². The van der Waals surface area contributed by atoms with Crippen molar-refractivity contribution in [2.45, 2.75) is 19.9 Å². The maximum absolute atomic E-state index is 13.4. The Morgan fingerprint density at radius 1 is 1.15 bits per heavy atom. The molecule has 0 saturated carbocycles. The molecule has 4 nitrogen and oxygen atoms in total. The van der Waals surface area contributed by atoms with Crippen molar-refractivity contribution in [1.82, 2.24) is 14.9 Å². The number of pyridine rings is 2. The third-order valence-electron chi connectivity index (χ3n) is 4.86. The van der Waals surface area contributed by atoms with Crippen molar-refractivity contribution in [2.75, 3.05) is 6.54 Å². The van der Waals surface area contributed by atoms with Crippen molar-refractivity contribution in [2.24, 2.45) is 5.92 Å². The van der Waals surface area contributed by atoms with E-state index in [1.54, 1.807) is 12.4 Å². The largest absolute Gasteiger partial charge is 0.328 e. The van der Waals surface area contributed by atoms with Gasteiger partial charge >= 0.3 is 0 Å². The predicted molar refractivity (Wildman–Crippen MR) is 104 cm³/mol. The van der Waals surface area contributed by atoms with Crippen molar-refractivity contribution in [3.63, 3.8) is 0 Å². The van der Waals surface area contributed by atoms with Crippen LogP contribution in [0.3, 0.4) is 0 Å². The molecule has 1 aliphatic heterocycles. The fraction of sp³-hybridized carbons (Fsp3) is 0.227. The van der Waals surface area contributed by atoms with Crippen LogP contribution in [0.15, 0.2) is 67.0 Å². The molecule has 0 spiro atoms. The zero-order valence-electron chi connectivity index (χ0n) is 15.0. The fourth-order valence-corrected chi connectivity index (χ4v) is 3.52. The average Bonchev–Trinajstić information content (AvgIpc) is 3.17. The van der Waals surface area contributed by atoms with Crippen LogP contribution in [-0.2, 0) is 0 Å². The molecule has 0 aliphatic carbocycles. The second-order valence-electron chi connectivity index (χ2n) is 6.93. The summed E-state index contributed by atoms with van der Waals surface area (Å²) < 4.78 is 0. The van der Waals surface area contributed by atoms with E-state index in [4.69, 9.17) is 4.98 Å². The molecule has 0 bridgehead atoms. The molecule has 1 atom stereocenters. The average molecular weight is 343 g/mol. The normalized spacial score (nSPS) is 16.6. The molecule has 1 amide bonds. The molecule has 4 heteroatoms. The molecule has 4 rings (SSSR count). The Labute approximate surface area is 153 Å². The number of para-hydroxylation sites is 1. The lowest BCUT2D eigenvalue weighted by Gasteiger charge is -2.28. The van der Waals surface area contributed by atoms with Gasteiger partial charge in [-0.2, -0.15) is 0 Å². The number of carbonyl (C=O) groups is 1. The van der Waals surface area contributed by atoms with Gasteiger partial charge in [-0.25, -0.2) is 4.98 Å². The van der Waals surface area contributed by atoms with Crippen LogP contribution < -0.4 is 0 Å². The lowest BCUT2D eigenvalue weighted by atomic mass is 10.0. The molecular weight excluding hydrogens is 322 g/mol. The second-order valence-corrected chi connectivity index (χ2v) is 6.93. The van der Waals surface area contributed by atoms with Gasteiger partial charge in [0.2, 0.25) is 0 Å². The molecule has 130 valence electrons. The van der Waals surface area contributed by atoms with E-state index in [9.17, 15) is 4.79 Å². The zero-order chi connectivity index (χ0) is 18.1. The maximum atomic E-state index is 13.4. The molecular formula is C22H21N3O. The van der Waals surface area contributed by atoms with Crippen LogP contribution in [-0.4, -0.2) is 33.4 Å². The topological polar surface area (TPSA) is 46.1 Å². The van der Waals surface area contributed by atoms with Crippen LogP contribution in [0.2, 0.25) is 0 Å². The van der Waals surface area contributed by atoms with Gasteiger partial charge in [0.15, 0.2) is 0 Å². The van der Waals surface area contributed by atoms with E-state index >= 15 is 0 Å². The molecule has 1 aromatic carbocycles. The van der Waals surface area contributed by atoms with Crippen LogP contribution in [0.4, 0.5) is 0 Å². The number of aromatic nitrogens is 2. The summed E-state index contributed by atoms with van der Waals surface area (Å²) in [6.45, 7) is 4.95. The number of carbonyl (C=O) groups excluding carboxylic acids is 1. The quantitative estimate of drug-likeness (QED) is 0.665. The number of amides is 1. The lowest BCUT2D eigenvalue weighted by Crippen LogP contribution is -2.39. The van der Waals surface area contributed by atoms with E-state index in [1.807, 2.05) is 47.4 Å². The van der Waals surface area contributed by atoms with Crippen LogP contribution >= 0.6 is 0 Å². The van der Waals surface area contributed by atoms with Gasteiger partial charge in [-0.15, -0.1) is 0 Å². The van der Waals surface area contributed by atoms with Crippen molar-refractivity contribution >= 4 is 16.8 Å². The van der Waals surface area contributed by atoms with E-state index < -0.39 is 0 Å². The fourth-order valence-electron chi connectivity index (χ4n) is 3.52. The molecule has 1 aliphatic rings. The molecule has 2 aromatic heterocycles. The van der Waals surface area contributed by atoms with Crippen LogP contribution in [0.5, 0.6) is 0 Å². The first-order valence-corrected chi connectivity index (χ1v) is 8.93. The van der Waals surface area contributed by atoms with E-state index in [0.717, 1.165) is 22.2 Å². The van der Waals surface area contributed by atoms with E-state index in [-0.39, 0.29) is 11.9 Å². The number of rotatable bonds is 3. The highest BCUT2D eigenvalue weighted by molar-refractivity contribution is 6.07. The third kappa shape index (κ3) is 2.88. The van der Waals surface area contributed by atoms with E-state index in [1.165, 1.54) is 0 Å². The molecule has 0 fully saturated rings. The summed E-state index contributed by atoms with van der Waals surface area (Å²) in [5, 5.41) is 0.893. The van der Waals surface area contributed by atoms with Gasteiger partial charge in [-0.1, -0.05) is 44.2 Å². The Balaban J connectivity index is 1.84. The Hall–Kier alpha value is -3.01. The van der Waals surface area contributed by atoms with Crippen molar-refractivity contribution in [1.29, 1.82) is 0 Å². The lowest BCUT2D eigenvalue weighted by molar-refractivity contribution is 0.0722. The van der Waals surface area contributed by atoms with Gasteiger partial charge < -0.3 is 4.90 Å². The SMILES string of the molecule is CC(C)[C@@H]1C=CCN1C(=O)c1cc(-c2ccncc2)nc2ccccc12. The Morgan fingerprint density at radius 2 is 1.92 bits per heavy atom. The number of hydrogen-bond acceptors (Lipinski definition) is 3. The summed E-state index contributed by atoms with van der Waals surface area (Å²) in [6, 6.07) is 13.7. The van der Waals surface area contributed by atoms with Gasteiger partial charge in [-0.05, 0) is 30.2 Å². The van der Waals surface area contributed by atoms with Gasteiger partial charge in [0.05, 0.1) is 22.8 Å². The first-order chi connectivity index (χ1) is 12.6. The molecule has 0 saturated heterocycles. The first kappa shape index (κ1) is 16.5. The highest BCUT2D eigenvalue weighted by Gasteiger charge is 2.29. The summed E-state index contributed by atoms with van der Waals surface area (Å²) in [4.78, 5) is 24.2. The minimum absolute atomic E-state index is 0.0580. The van der Waals surface area contributed by atoms with Crippen LogP contribution in [0.1, 0.15) is 24.2 Å².